The molecular weight excluding hydrogens is 236 g/mol. The van der Waals surface area contributed by atoms with Gasteiger partial charge < -0.3 is 5.73 Å². The molecule has 0 spiro atoms. The molecule has 2 aliphatic rings. The van der Waals surface area contributed by atoms with Gasteiger partial charge in [0.25, 0.3) is 0 Å². The van der Waals surface area contributed by atoms with Gasteiger partial charge >= 0.3 is 0 Å². The summed E-state index contributed by atoms with van der Waals surface area (Å²) in [7, 11) is 0. The quantitative estimate of drug-likeness (QED) is 0.906. The Morgan fingerprint density at radius 3 is 2.89 bits per heavy atom. The Hall–Kier alpha value is -0.870. The van der Waals surface area contributed by atoms with Crippen LogP contribution in [0.1, 0.15) is 44.7 Å². The molecule has 2 heterocycles. The number of aromatic nitrogens is 2. The van der Waals surface area contributed by atoms with Gasteiger partial charge in [0.15, 0.2) is 0 Å². The first-order valence-corrected chi connectivity index (χ1v) is 7.64. The van der Waals surface area contributed by atoms with Crippen LogP contribution >= 0.6 is 0 Å². The summed E-state index contributed by atoms with van der Waals surface area (Å²) in [4.78, 5) is 2.57. The van der Waals surface area contributed by atoms with Gasteiger partial charge in [-0.1, -0.05) is 6.42 Å². The zero-order valence-electron chi connectivity index (χ0n) is 12.1. The lowest BCUT2D eigenvalue weighted by Gasteiger charge is -2.29. The molecule has 1 aromatic heterocycles. The van der Waals surface area contributed by atoms with Gasteiger partial charge in [0.1, 0.15) is 0 Å². The highest BCUT2D eigenvalue weighted by atomic mass is 15.3. The van der Waals surface area contributed by atoms with Crippen LogP contribution in [0.25, 0.3) is 0 Å². The fourth-order valence-electron chi connectivity index (χ4n) is 3.74. The van der Waals surface area contributed by atoms with E-state index in [-0.39, 0.29) is 0 Å². The molecular formula is C15H26N4. The smallest absolute Gasteiger partial charge is 0.0534 e. The van der Waals surface area contributed by atoms with E-state index in [9.17, 15) is 0 Å². The van der Waals surface area contributed by atoms with Crippen LogP contribution in [0.2, 0.25) is 0 Å². The summed E-state index contributed by atoms with van der Waals surface area (Å²) in [6, 6.07) is 0.880. The number of hydrogen-bond acceptors (Lipinski definition) is 3. The third-order valence-corrected chi connectivity index (χ3v) is 4.82. The molecule has 1 aliphatic heterocycles. The maximum atomic E-state index is 6.28. The summed E-state index contributed by atoms with van der Waals surface area (Å²) >= 11 is 0. The van der Waals surface area contributed by atoms with Gasteiger partial charge in [0.2, 0.25) is 0 Å². The van der Waals surface area contributed by atoms with E-state index in [4.69, 9.17) is 5.73 Å². The van der Waals surface area contributed by atoms with Crippen LogP contribution in [-0.4, -0.2) is 33.8 Å². The van der Waals surface area contributed by atoms with Crippen LogP contribution in [0.15, 0.2) is 12.4 Å². The molecule has 3 rings (SSSR count). The van der Waals surface area contributed by atoms with E-state index >= 15 is 0 Å². The molecule has 1 saturated carbocycles. The summed E-state index contributed by atoms with van der Waals surface area (Å²) in [6.07, 6.45) is 8.12. The number of nitrogens with zero attached hydrogens (tertiary/aromatic N) is 3. The van der Waals surface area contributed by atoms with E-state index in [0.717, 1.165) is 18.4 Å². The topological polar surface area (TPSA) is 47.1 Å². The lowest BCUT2D eigenvalue weighted by Crippen LogP contribution is -2.38. The summed E-state index contributed by atoms with van der Waals surface area (Å²) in [5.74, 6) is 1.57. The minimum Gasteiger partial charge on any atom is -0.327 e. The van der Waals surface area contributed by atoms with Crippen LogP contribution in [0.3, 0.4) is 0 Å². The van der Waals surface area contributed by atoms with Crippen LogP contribution in [0, 0.1) is 11.8 Å². The van der Waals surface area contributed by atoms with E-state index in [1.54, 1.807) is 0 Å². The van der Waals surface area contributed by atoms with E-state index in [0.29, 0.717) is 12.1 Å². The van der Waals surface area contributed by atoms with E-state index < -0.39 is 0 Å². The minimum absolute atomic E-state index is 0.433. The Bertz CT molecular complexity index is 426. The summed E-state index contributed by atoms with van der Waals surface area (Å²) in [5, 5.41) is 4.43. The highest BCUT2D eigenvalue weighted by molar-refractivity contribution is 5.06. The van der Waals surface area contributed by atoms with Crippen molar-refractivity contribution in [1.82, 2.24) is 14.7 Å². The maximum Gasteiger partial charge on any atom is 0.0534 e. The van der Waals surface area contributed by atoms with Crippen LogP contribution in [0.5, 0.6) is 0 Å². The van der Waals surface area contributed by atoms with Gasteiger partial charge in [-0.15, -0.1) is 0 Å². The number of nitrogens with two attached hydrogens (primary N) is 1. The number of hydrogen-bond donors (Lipinski definition) is 1. The zero-order valence-corrected chi connectivity index (χ0v) is 12.1. The molecule has 1 aliphatic carbocycles. The van der Waals surface area contributed by atoms with Gasteiger partial charge in [-0.05, 0) is 38.5 Å². The van der Waals surface area contributed by atoms with Gasteiger partial charge in [-0.2, -0.15) is 5.10 Å². The SMILES string of the molecule is CC(C)n1cc(CN2CC3CCCC(N)C3C2)cn1. The number of likely N-dealkylation sites (tertiary alicyclic amines) is 1. The van der Waals surface area contributed by atoms with Crippen LogP contribution < -0.4 is 5.73 Å². The van der Waals surface area contributed by atoms with Crippen LogP contribution in [-0.2, 0) is 6.54 Å². The molecule has 4 nitrogen and oxygen atoms in total. The zero-order chi connectivity index (χ0) is 13.4. The Kier molecular flexibility index (Phi) is 3.63. The first-order valence-electron chi connectivity index (χ1n) is 7.64. The lowest BCUT2D eigenvalue weighted by molar-refractivity contribution is 0.259. The van der Waals surface area contributed by atoms with E-state index in [1.807, 2.05) is 10.9 Å². The predicted molar refractivity (Wildman–Crippen MR) is 76.7 cm³/mol. The normalized spacial score (nSPS) is 31.9. The molecule has 2 N–H and O–H groups in total. The summed E-state index contributed by atoms with van der Waals surface area (Å²) in [5.41, 5.74) is 7.61. The molecule has 3 atom stereocenters. The van der Waals surface area contributed by atoms with Crippen molar-refractivity contribution in [3.63, 3.8) is 0 Å². The van der Waals surface area contributed by atoms with Crippen LogP contribution in [0.4, 0.5) is 0 Å². The van der Waals surface area contributed by atoms with Crippen molar-refractivity contribution in [1.29, 1.82) is 0 Å². The van der Waals surface area contributed by atoms with Crippen molar-refractivity contribution in [3.05, 3.63) is 18.0 Å². The lowest BCUT2D eigenvalue weighted by atomic mass is 9.78. The summed E-state index contributed by atoms with van der Waals surface area (Å²) in [6.45, 7) is 7.77. The molecule has 0 aromatic carbocycles. The van der Waals surface area contributed by atoms with E-state index in [1.165, 1.54) is 37.9 Å². The minimum atomic E-state index is 0.433. The first kappa shape index (κ1) is 13.1. The molecule has 1 aromatic rings. The fraction of sp³-hybridized carbons (Fsp3) is 0.800. The monoisotopic (exact) mass is 262 g/mol. The van der Waals surface area contributed by atoms with Crippen molar-refractivity contribution in [2.45, 2.75) is 51.7 Å². The summed E-state index contributed by atoms with van der Waals surface area (Å²) < 4.78 is 2.05. The van der Waals surface area contributed by atoms with Gasteiger partial charge in [-0.25, -0.2) is 0 Å². The number of rotatable bonds is 3. The third kappa shape index (κ3) is 2.70. The van der Waals surface area contributed by atoms with Gasteiger partial charge in [0, 0.05) is 43.5 Å². The highest BCUT2D eigenvalue weighted by Crippen LogP contribution is 2.35. The van der Waals surface area contributed by atoms with Gasteiger partial charge in [0.05, 0.1) is 6.20 Å². The average Bonchev–Trinajstić information content (AvgIpc) is 2.96. The predicted octanol–water partition coefficient (Wildman–Crippen LogP) is 2.02. The van der Waals surface area contributed by atoms with E-state index in [2.05, 4.69) is 30.0 Å². The molecule has 0 bridgehead atoms. The Morgan fingerprint density at radius 2 is 2.21 bits per heavy atom. The molecule has 106 valence electrons. The molecule has 4 heteroatoms. The van der Waals surface area contributed by atoms with Crippen molar-refractivity contribution >= 4 is 0 Å². The Morgan fingerprint density at radius 1 is 1.37 bits per heavy atom. The fourth-order valence-corrected chi connectivity index (χ4v) is 3.74. The molecule has 2 fully saturated rings. The molecule has 1 saturated heterocycles. The highest BCUT2D eigenvalue weighted by Gasteiger charge is 2.38. The standard InChI is InChI=1S/C15H26N4/c1-11(2)19-8-12(6-17-19)7-18-9-13-4-3-5-15(16)14(13)10-18/h6,8,11,13-15H,3-5,7,9-10,16H2,1-2H3. The molecule has 3 unspecified atom stereocenters. The second kappa shape index (κ2) is 5.25. The average molecular weight is 262 g/mol. The molecule has 0 amide bonds. The molecule has 0 radical (unpaired) electrons. The van der Waals surface area contributed by atoms with Gasteiger partial charge in [-0.3, -0.25) is 9.58 Å². The number of fused-ring (bicyclic) bond motifs is 1. The largest absolute Gasteiger partial charge is 0.327 e. The maximum absolute atomic E-state index is 6.28. The van der Waals surface area contributed by atoms with Crippen molar-refractivity contribution < 1.29 is 0 Å². The second-order valence-electron chi connectivity index (χ2n) is 6.64. The Balaban J connectivity index is 1.61. The molecule has 19 heavy (non-hydrogen) atoms. The first-order chi connectivity index (χ1) is 9.13. The van der Waals surface area contributed by atoms with Crippen molar-refractivity contribution in [3.8, 4) is 0 Å². The van der Waals surface area contributed by atoms with Crippen molar-refractivity contribution in [2.24, 2.45) is 17.6 Å². The van der Waals surface area contributed by atoms with Crippen molar-refractivity contribution in [2.75, 3.05) is 13.1 Å². The second-order valence-corrected chi connectivity index (χ2v) is 6.64. The Labute approximate surface area is 116 Å². The third-order valence-electron chi connectivity index (χ3n) is 4.82.